The zero-order valence-corrected chi connectivity index (χ0v) is 17.6. The zero-order valence-electron chi connectivity index (χ0n) is 17.6. The lowest BCUT2D eigenvalue weighted by Crippen LogP contribution is -2.41. The Bertz CT molecular complexity index is 558. The molecule has 1 saturated heterocycles. The SMILES string of the molecule is CCC(C)C1(C)C(OC)=CC2(C=C1OC)CCN(CCCN(C)C)C2=O. The molecule has 1 fully saturated rings. The second-order valence-corrected chi connectivity index (χ2v) is 8.18. The van der Waals surface area contributed by atoms with E-state index in [-0.39, 0.29) is 11.3 Å². The van der Waals surface area contributed by atoms with Crippen molar-refractivity contribution in [2.45, 2.75) is 40.0 Å². The van der Waals surface area contributed by atoms with E-state index in [1.165, 1.54) is 0 Å². The standard InChI is InChI=1S/C21H36N2O3/c1-8-16(2)20(3)17(25-6)14-21(15-18(20)26-7)10-13-23(19(21)24)12-9-11-22(4)5/h14-16H,8-13H2,1-7H3. The minimum Gasteiger partial charge on any atom is -0.500 e. The van der Waals surface area contributed by atoms with Crippen molar-refractivity contribution >= 4 is 5.91 Å². The second kappa shape index (κ2) is 8.03. The molecule has 0 saturated carbocycles. The van der Waals surface area contributed by atoms with Gasteiger partial charge in [-0.3, -0.25) is 4.79 Å². The summed E-state index contributed by atoms with van der Waals surface area (Å²) < 4.78 is 11.6. The fourth-order valence-corrected chi connectivity index (χ4v) is 4.25. The Morgan fingerprint density at radius 3 is 2.27 bits per heavy atom. The molecule has 0 bridgehead atoms. The summed E-state index contributed by atoms with van der Waals surface area (Å²) in [4.78, 5) is 17.4. The van der Waals surface area contributed by atoms with Gasteiger partial charge in [0, 0.05) is 13.1 Å². The van der Waals surface area contributed by atoms with E-state index in [2.05, 4.69) is 51.9 Å². The summed E-state index contributed by atoms with van der Waals surface area (Å²) in [7, 11) is 7.52. The Balaban J connectivity index is 2.31. The smallest absolute Gasteiger partial charge is 0.236 e. The Labute approximate surface area is 159 Å². The summed E-state index contributed by atoms with van der Waals surface area (Å²) in [5.74, 6) is 2.24. The van der Waals surface area contributed by atoms with Gasteiger partial charge in [-0.2, -0.15) is 0 Å². The predicted octanol–water partition coefficient (Wildman–Crippen LogP) is 3.28. The van der Waals surface area contributed by atoms with Gasteiger partial charge in [0.05, 0.1) is 25.0 Å². The molecule has 1 aliphatic carbocycles. The van der Waals surface area contributed by atoms with Crippen LogP contribution in [0, 0.1) is 16.7 Å². The van der Waals surface area contributed by atoms with E-state index >= 15 is 0 Å². The maximum Gasteiger partial charge on any atom is 0.236 e. The molecule has 1 aliphatic heterocycles. The van der Waals surface area contributed by atoms with Crippen LogP contribution in [0.5, 0.6) is 0 Å². The van der Waals surface area contributed by atoms with Crippen molar-refractivity contribution < 1.29 is 14.3 Å². The number of rotatable bonds is 8. The number of carbonyl (C=O) groups is 1. The fraction of sp³-hybridized carbons (Fsp3) is 0.762. The molecule has 0 radical (unpaired) electrons. The van der Waals surface area contributed by atoms with Crippen molar-refractivity contribution in [3.8, 4) is 0 Å². The summed E-state index contributed by atoms with van der Waals surface area (Å²) >= 11 is 0. The number of amides is 1. The topological polar surface area (TPSA) is 42.0 Å². The number of carbonyl (C=O) groups excluding carboxylic acids is 1. The molecule has 1 heterocycles. The Kier molecular flexibility index (Phi) is 6.43. The molecule has 2 rings (SSSR count). The van der Waals surface area contributed by atoms with E-state index in [1.807, 2.05) is 4.90 Å². The molecule has 1 spiro atoms. The largest absolute Gasteiger partial charge is 0.500 e. The third-order valence-electron chi connectivity index (χ3n) is 6.35. The number of ether oxygens (including phenoxy) is 2. The third kappa shape index (κ3) is 3.51. The Morgan fingerprint density at radius 2 is 1.81 bits per heavy atom. The van der Waals surface area contributed by atoms with E-state index in [9.17, 15) is 4.79 Å². The van der Waals surface area contributed by atoms with Crippen LogP contribution in [0.1, 0.15) is 40.0 Å². The molecule has 2 aliphatic rings. The van der Waals surface area contributed by atoms with Gasteiger partial charge in [0.25, 0.3) is 0 Å². The van der Waals surface area contributed by atoms with Crippen molar-refractivity contribution in [1.29, 1.82) is 0 Å². The average molecular weight is 365 g/mol. The van der Waals surface area contributed by atoms with Gasteiger partial charge in [0.1, 0.15) is 11.5 Å². The Hall–Kier alpha value is -1.49. The zero-order chi connectivity index (χ0) is 19.5. The molecule has 1 unspecified atom stereocenters. The lowest BCUT2D eigenvalue weighted by atomic mass is 9.66. The molecule has 5 heteroatoms. The van der Waals surface area contributed by atoms with Gasteiger partial charge in [0.2, 0.25) is 5.91 Å². The summed E-state index contributed by atoms with van der Waals surface area (Å²) in [5, 5.41) is 0. The first-order chi connectivity index (χ1) is 12.2. The van der Waals surface area contributed by atoms with Crippen LogP contribution in [0.15, 0.2) is 23.7 Å². The summed E-state index contributed by atoms with van der Waals surface area (Å²) in [6.45, 7) is 9.12. The molecular weight excluding hydrogens is 328 g/mol. The van der Waals surface area contributed by atoms with E-state index in [4.69, 9.17) is 9.47 Å². The van der Waals surface area contributed by atoms with Crippen molar-refractivity contribution in [1.82, 2.24) is 9.80 Å². The summed E-state index contributed by atoms with van der Waals surface area (Å²) in [5.41, 5.74) is -0.954. The van der Waals surface area contributed by atoms with Crippen LogP contribution in [0.25, 0.3) is 0 Å². The monoisotopic (exact) mass is 364 g/mol. The van der Waals surface area contributed by atoms with Gasteiger partial charge >= 0.3 is 0 Å². The third-order valence-corrected chi connectivity index (χ3v) is 6.35. The first kappa shape index (κ1) is 20.8. The highest BCUT2D eigenvalue weighted by molar-refractivity contribution is 5.89. The van der Waals surface area contributed by atoms with Crippen molar-refractivity contribution in [3.05, 3.63) is 23.7 Å². The average Bonchev–Trinajstić information content (AvgIpc) is 2.91. The second-order valence-electron chi connectivity index (χ2n) is 8.18. The van der Waals surface area contributed by atoms with Crippen LogP contribution in [0.4, 0.5) is 0 Å². The first-order valence-electron chi connectivity index (χ1n) is 9.74. The number of nitrogens with zero attached hydrogens (tertiary/aromatic N) is 2. The molecule has 1 atom stereocenters. The van der Waals surface area contributed by atoms with E-state index in [0.717, 1.165) is 50.4 Å². The molecule has 1 amide bonds. The molecule has 0 aromatic rings. The van der Waals surface area contributed by atoms with E-state index in [1.54, 1.807) is 14.2 Å². The van der Waals surface area contributed by atoms with E-state index in [0.29, 0.717) is 5.92 Å². The quantitative estimate of drug-likeness (QED) is 0.663. The molecule has 148 valence electrons. The molecular formula is C21H36N2O3. The highest BCUT2D eigenvalue weighted by Crippen LogP contribution is 2.52. The van der Waals surface area contributed by atoms with Crippen molar-refractivity contribution in [3.63, 3.8) is 0 Å². The number of methoxy groups -OCH3 is 2. The number of likely N-dealkylation sites (tertiary alicyclic amines) is 1. The van der Waals surface area contributed by atoms with Gasteiger partial charge < -0.3 is 19.3 Å². The van der Waals surface area contributed by atoms with Gasteiger partial charge in [-0.15, -0.1) is 0 Å². The molecule has 5 nitrogen and oxygen atoms in total. The Morgan fingerprint density at radius 1 is 1.23 bits per heavy atom. The minimum atomic E-state index is -0.623. The number of hydrogen-bond acceptors (Lipinski definition) is 4. The highest BCUT2D eigenvalue weighted by Gasteiger charge is 2.52. The van der Waals surface area contributed by atoms with Crippen LogP contribution in [-0.4, -0.2) is 63.7 Å². The minimum absolute atomic E-state index is 0.173. The maximum atomic E-state index is 13.2. The molecule has 0 N–H and O–H groups in total. The molecule has 0 aromatic carbocycles. The van der Waals surface area contributed by atoms with Crippen LogP contribution >= 0.6 is 0 Å². The first-order valence-corrected chi connectivity index (χ1v) is 9.74. The van der Waals surface area contributed by atoms with Crippen LogP contribution in [-0.2, 0) is 14.3 Å². The van der Waals surface area contributed by atoms with Gasteiger partial charge in [-0.25, -0.2) is 0 Å². The van der Waals surface area contributed by atoms with Gasteiger partial charge in [0.15, 0.2) is 0 Å². The van der Waals surface area contributed by atoms with E-state index < -0.39 is 5.41 Å². The van der Waals surface area contributed by atoms with Gasteiger partial charge in [-0.1, -0.05) is 20.3 Å². The molecule has 26 heavy (non-hydrogen) atoms. The normalized spacial score (nSPS) is 29.8. The summed E-state index contributed by atoms with van der Waals surface area (Å²) in [6.07, 6.45) is 6.91. The van der Waals surface area contributed by atoms with Gasteiger partial charge in [-0.05, 0) is 58.5 Å². The lowest BCUT2D eigenvalue weighted by molar-refractivity contribution is -0.132. The van der Waals surface area contributed by atoms with Crippen LogP contribution < -0.4 is 0 Å². The van der Waals surface area contributed by atoms with Crippen LogP contribution in [0.3, 0.4) is 0 Å². The maximum absolute atomic E-state index is 13.2. The molecule has 0 aromatic heterocycles. The van der Waals surface area contributed by atoms with Crippen molar-refractivity contribution in [2.75, 3.05) is 47.9 Å². The number of hydrogen-bond donors (Lipinski definition) is 0. The highest BCUT2D eigenvalue weighted by atomic mass is 16.5. The van der Waals surface area contributed by atoms with Crippen molar-refractivity contribution in [2.24, 2.45) is 16.7 Å². The predicted molar refractivity (Wildman–Crippen MR) is 105 cm³/mol. The van der Waals surface area contributed by atoms with Crippen LogP contribution in [0.2, 0.25) is 0 Å². The summed E-state index contributed by atoms with van der Waals surface area (Å²) in [6, 6.07) is 0. The fourth-order valence-electron chi connectivity index (χ4n) is 4.25. The lowest BCUT2D eigenvalue weighted by Gasteiger charge is -2.42.